The number of hydrogen-bond donors (Lipinski definition) is 0. The second-order valence-electron chi connectivity index (χ2n) is 8.32. The van der Waals surface area contributed by atoms with E-state index in [0.717, 1.165) is 35.2 Å². The van der Waals surface area contributed by atoms with E-state index in [1.165, 1.54) is 16.9 Å². The van der Waals surface area contributed by atoms with E-state index in [0.29, 0.717) is 40.8 Å². The first-order valence-corrected chi connectivity index (χ1v) is 13.0. The van der Waals surface area contributed by atoms with Crippen molar-refractivity contribution < 1.29 is 14.2 Å². The molecule has 0 aliphatic rings. The second-order valence-corrected chi connectivity index (χ2v) is 9.33. The monoisotopic (exact) mass is 500 g/mol. The maximum atomic E-state index is 13.1. The van der Waals surface area contributed by atoms with Crippen molar-refractivity contribution in [3.63, 3.8) is 0 Å². The molecule has 5 rings (SSSR count). The van der Waals surface area contributed by atoms with Crippen molar-refractivity contribution in [1.29, 1.82) is 0 Å². The fraction of sp³-hybridized carbons (Fsp3) is 0.241. The summed E-state index contributed by atoms with van der Waals surface area (Å²) in [5, 5.41) is 0. The predicted octanol–water partition coefficient (Wildman–Crippen LogP) is 5.27. The molecule has 0 unspecified atom stereocenters. The molecule has 0 fully saturated rings. The topological polar surface area (TPSA) is 62.1 Å². The van der Waals surface area contributed by atoms with Gasteiger partial charge in [0.25, 0.3) is 5.56 Å². The summed E-state index contributed by atoms with van der Waals surface area (Å²) in [5.74, 6) is 2.20. The van der Waals surface area contributed by atoms with Crippen molar-refractivity contribution in [2.45, 2.75) is 26.7 Å². The first kappa shape index (κ1) is 23.9. The summed E-state index contributed by atoms with van der Waals surface area (Å²) in [5.41, 5.74) is 3.76. The third-order valence-electron chi connectivity index (χ3n) is 5.86. The number of thiazole rings is 1. The minimum atomic E-state index is -0.0636. The van der Waals surface area contributed by atoms with Gasteiger partial charge >= 0.3 is 0 Å². The molecule has 0 aliphatic heterocycles. The van der Waals surface area contributed by atoms with Crippen LogP contribution in [0.4, 0.5) is 0 Å². The van der Waals surface area contributed by atoms with E-state index in [4.69, 9.17) is 14.2 Å². The Morgan fingerprint density at radius 3 is 2.53 bits per heavy atom. The summed E-state index contributed by atoms with van der Waals surface area (Å²) in [4.78, 5) is 18.3. The number of nitrogens with zero attached hydrogens (tertiary/aromatic N) is 2. The summed E-state index contributed by atoms with van der Waals surface area (Å²) in [6.07, 6.45) is 3.64. The Balaban J connectivity index is 1.27. The molecular weight excluding hydrogens is 472 g/mol. The van der Waals surface area contributed by atoms with Crippen LogP contribution in [0.2, 0.25) is 0 Å². The van der Waals surface area contributed by atoms with Crippen LogP contribution in [-0.4, -0.2) is 29.2 Å². The van der Waals surface area contributed by atoms with Crippen molar-refractivity contribution in [2.24, 2.45) is 0 Å². The first-order chi connectivity index (χ1) is 17.7. The van der Waals surface area contributed by atoms with Gasteiger partial charge in [0.1, 0.15) is 5.75 Å². The highest BCUT2D eigenvalue weighted by atomic mass is 32.1. The molecule has 0 saturated carbocycles. The zero-order valence-electron chi connectivity index (χ0n) is 20.4. The molecule has 6 nitrogen and oxygen atoms in total. The average molecular weight is 501 g/mol. The van der Waals surface area contributed by atoms with Gasteiger partial charge < -0.3 is 14.2 Å². The molecule has 184 valence electrons. The number of ether oxygens (including phenoxy) is 3. The first-order valence-electron chi connectivity index (χ1n) is 12.2. The van der Waals surface area contributed by atoms with Crippen LogP contribution >= 0.6 is 11.3 Å². The highest BCUT2D eigenvalue weighted by Gasteiger charge is 2.11. The van der Waals surface area contributed by atoms with Crippen molar-refractivity contribution in [2.75, 3.05) is 19.8 Å². The molecule has 3 aromatic carbocycles. The fourth-order valence-electron chi connectivity index (χ4n) is 4.02. The summed E-state index contributed by atoms with van der Waals surface area (Å²) >= 11 is 1.39. The van der Waals surface area contributed by atoms with E-state index < -0.39 is 0 Å². The standard InChI is InChI=1S/C29H28N2O4S/c1-3-20-10-13-22(14-11-20)34-16-7-17-35-25-15-12-21(18-26(25)33-4-2)19-27-28(32)31-24-9-6-5-8-23(24)30-29(31)36-27/h5-6,8-15,18-19H,3-4,7,16-17H2,1-2H3/b27-19-. The van der Waals surface area contributed by atoms with Gasteiger partial charge in [0.2, 0.25) is 0 Å². The molecule has 7 heteroatoms. The van der Waals surface area contributed by atoms with Crippen molar-refractivity contribution >= 4 is 33.4 Å². The Labute approximate surface area is 213 Å². The molecule has 0 radical (unpaired) electrons. The van der Waals surface area contributed by atoms with Gasteiger partial charge in [-0.3, -0.25) is 4.79 Å². The number of fused-ring (bicyclic) bond motifs is 3. The van der Waals surface area contributed by atoms with Crippen molar-refractivity contribution in [1.82, 2.24) is 9.38 Å². The van der Waals surface area contributed by atoms with Gasteiger partial charge in [-0.2, -0.15) is 0 Å². The molecule has 0 amide bonds. The van der Waals surface area contributed by atoms with Gasteiger partial charge in [-0.25, -0.2) is 9.38 Å². The number of rotatable bonds is 10. The van der Waals surface area contributed by atoms with Crippen LogP contribution in [0.25, 0.3) is 22.1 Å². The molecule has 0 aliphatic carbocycles. The Hall–Kier alpha value is -3.84. The van der Waals surface area contributed by atoms with E-state index in [9.17, 15) is 4.79 Å². The molecule has 0 spiro atoms. The van der Waals surface area contributed by atoms with Gasteiger partial charge in [-0.05, 0) is 66.9 Å². The fourth-order valence-corrected chi connectivity index (χ4v) is 5.00. The number of aromatic nitrogens is 2. The largest absolute Gasteiger partial charge is 0.493 e. The molecule has 2 aromatic heterocycles. The Kier molecular flexibility index (Phi) is 7.18. The average Bonchev–Trinajstić information content (AvgIpc) is 3.41. The minimum absolute atomic E-state index is 0.0636. The van der Waals surface area contributed by atoms with Gasteiger partial charge in [0.15, 0.2) is 16.5 Å². The smallest absolute Gasteiger partial charge is 0.274 e. The number of para-hydroxylation sites is 2. The molecule has 0 atom stereocenters. The van der Waals surface area contributed by atoms with Gasteiger partial charge in [0, 0.05) is 6.42 Å². The van der Waals surface area contributed by atoms with Gasteiger partial charge in [0.05, 0.1) is 35.4 Å². The van der Waals surface area contributed by atoms with Crippen LogP contribution in [0.3, 0.4) is 0 Å². The van der Waals surface area contributed by atoms with Crippen LogP contribution in [0.15, 0.2) is 71.5 Å². The maximum Gasteiger partial charge on any atom is 0.274 e. The molecule has 0 saturated heterocycles. The third-order valence-corrected chi connectivity index (χ3v) is 6.83. The van der Waals surface area contributed by atoms with Crippen molar-refractivity contribution in [3.05, 3.63) is 92.7 Å². The lowest BCUT2D eigenvalue weighted by atomic mass is 10.2. The summed E-state index contributed by atoms with van der Waals surface area (Å²) in [7, 11) is 0. The summed E-state index contributed by atoms with van der Waals surface area (Å²) < 4.78 is 19.9. The SMILES string of the molecule is CCOc1cc(/C=c2\sc3nc4ccccc4n3c2=O)ccc1OCCCOc1ccc(CC)cc1. The van der Waals surface area contributed by atoms with E-state index in [-0.39, 0.29) is 5.56 Å². The molecular formula is C29H28N2O4S. The van der Waals surface area contributed by atoms with Crippen LogP contribution in [-0.2, 0) is 6.42 Å². The highest BCUT2D eigenvalue weighted by molar-refractivity contribution is 7.15. The predicted molar refractivity (Wildman–Crippen MR) is 145 cm³/mol. The van der Waals surface area contributed by atoms with Crippen LogP contribution in [0.5, 0.6) is 17.2 Å². The third kappa shape index (κ3) is 5.06. The van der Waals surface area contributed by atoms with Crippen molar-refractivity contribution in [3.8, 4) is 17.2 Å². The Morgan fingerprint density at radius 1 is 0.917 bits per heavy atom. The molecule has 2 heterocycles. The Bertz CT molecular complexity index is 1590. The summed E-state index contributed by atoms with van der Waals surface area (Å²) in [6, 6.07) is 21.6. The molecule has 5 aromatic rings. The number of imidazole rings is 1. The van der Waals surface area contributed by atoms with E-state index in [1.54, 1.807) is 4.40 Å². The lowest BCUT2D eigenvalue weighted by molar-refractivity contribution is 0.236. The number of aryl methyl sites for hydroxylation is 1. The van der Waals surface area contributed by atoms with Gasteiger partial charge in [-0.1, -0.05) is 48.6 Å². The normalized spacial score (nSPS) is 11.9. The second kappa shape index (κ2) is 10.8. The summed E-state index contributed by atoms with van der Waals surface area (Å²) in [6.45, 7) is 5.67. The molecule has 36 heavy (non-hydrogen) atoms. The molecule has 0 N–H and O–H groups in total. The molecule has 0 bridgehead atoms. The minimum Gasteiger partial charge on any atom is -0.493 e. The van der Waals surface area contributed by atoms with Crippen LogP contribution in [0, 0.1) is 0 Å². The maximum absolute atomic E-state index is 13.1. The number of benzene rings is 3. The van der Waals surface area contributed by atoms with Gasteiger partial charge in [-0.15, -0.1) is 0 Å². The van der Waals surface area contributed by atoms with E-state index >= 15 is 0 Å². The highest BCUT2D eigenvalue weighted by Crippen LogP contribution is 2.29. The lowest BCUT2D eigenvalue weighted by Crippen LogP contribution is -2.22. The van der Waals surface area contributed by atoms with Crippen LogP contribution < -0.4 is 24.3 Å². The van der Waals surface area contributed by atoms with Crippen LogP contribution in [0.1, 0.15) is 31.4 Å². The lowest BCUT2D eigenvalue weighted by Gasteiger charge is -2.13. The zero-order valence-corrected chi connectivity index (χ0v) is 21.2. The zero-order chi connectivity index (χ0) is 24.9. The quantitative estimate of drug-likeness (QED) is 0.245. The number of hydrogen-bond acceptors (Lipinski definition) is 6. The van der Waals surface area contributed by atoms with E-state index in [2.05, 4.69) is 24.0 Å². The Morgan fingerprint density at radius 2 is 1.72 bits per heavy atom. The van der Waals surface area contributed by atoms with E-state index in [1.807, 2.05) is 67.6 Å².